The summed E-state index contributed by atoms with van der Waals surface area (Å²) in [5.74, 6) is 0.699. The van der Waals surface area contributed by atoms with Gasteiger partial charge in [0.15, 0.2) is 0 Å². The van der Waals surface area contributed by atoms with Crippen molar-refractivity contribution in [3.8, 4) is 16.9 Å². The van der Waals surface area contributed by atoms with Crippen LogP contribution in [0.4, 0.5) is 5.69 Å². The first-order valence-electron chi connectivity index (χ1n) is 7.22. The van der Waals surface area contributed by atoms with Gasteiger partial charge in [-0.25, -0.2) is 0 Å². The summed E-state index contributed by atoms with van der Waals surface area (Å²) in [4.78, 5) is 4.33. The molecule has 0 fully saturated rings. The number of benzene rings is 2. The molecule has 2 N–H and O–H groups in total. The van der Waals surface area contributed by atoms with Crippen molar-refractivity contribution in [2.75, 3.05) is 5.73 Å². The fourth-order valence-corrected chi connectivity index (χ4v) is 2.35. The highest BCUT2D eigenvalue weighted by atomic mass is 16.5. The molecule has 0 aliphatic rings. The molecule has 0 atom stereocenters. The Labute approximate surface area is 130 Å². The van der Waals surface area contributed by atoms with E-state index in [4.69, 9.17) is 10.5 Å². The summed E-state index contributed by atoms with van der Waals surface area (Å²) in [6.07, 6.45) is 1.79. The van der Waals surface area contributed by atoms with Gasteiger partial charge >= 0.3 is 0 Å². The number of hydrogen-bond donors (Lipinski definition) is 1. The molecule has 0 amide bonds. The van der Waals surface area contributed by atoms with Gasteiger partial charge in [-0.15, -0.1) is 0 Å². The van der Waals surface area contributed by atoms with Gasteiger partial charge < -0.3 is 10.5 Å². The van der Waals surface area contributed by atoms with E-state index in [1.54, 1.807) is 6.20 Å². The van der Waals surface area contributed by atoms with E-state index in [1.165, 1.54) is 0 Å². The highest BCUT2D eigenvalue weighted by molar-refractivity contribution is 5.71. The summed E-state index contributed by atoms with van der Waals surface area (Å²) in [6, 6.07) is 19.9. The normalized spacial score (nSPS) is 10.4. The highest BCUT2D eigenvalue weighted by Gasteiger charge is 2.07. The third-order valence-electron chi connectivity index (χ3n) is 3.57. The van der Waals surface area contributed by atoms with Gasteiger partial charge in [-0.2, -0.15) is 0 Å². The number of anilines is 1. The number of nitrogens with two attached hydrogens (primary N) is 1. The fourth-order valence-electron chi connectivity index (χ4n) is 2.35. The lowest BCUT2D eigenvalue weighted by molar-refractivity contribution is 0.308. The molecule has 1 heterocycles. The molecule has 2 aromatic carbocycles. The Morgan fingerprint density at radius 2 is 1.82 bits per heavy atom. The molecule has 0 aliphatic carbocycles. The molecule has 0 saturated carbocycles. The van der Waals surface area contributed by atoms with Gasteiger partial charge in [0.05, 0.1) is 5.69 Å². The van der Waals surface area contributed by atoms with Crippen LogP contribution in [0.2, 0.25) is 0 Å². The van der Waals surface area contributed by atoms with Crippen LogP contribution in [0.5, 0.6) is 5.75 Å². The van der Waals surface area contributed by atoms with Crippen LogP contribution in [0.1, 0.15) is 11.3 Å². The first kappa shape index (κ1) is 14.1. The minimum absolute atomic E-state index is 0.501. The lowest BCUT2D eigenvalue weighted by atomic mass is 10.0. The fraction of sp³-hybridized carbons (Fsp3) is 0.105. The lowest BCUT2D eigenvalue weighted by Crippen LogP contribution is -1.99. The van der Waals surface area contributed by atoms with Gasteiger partial charge in [0, 0.05) is 17.5 Å². The molecule has 3 aromatic rings. The number of aromatic nitrogens is 1. The molecule has 0 bridgehead atoms. The summed E-state index contributed by atoms with van der Waals surface area (Å²) in [5.41, 5.74) is 10.9. The summed E-state index contributed by atoms with van der Waals surface area (Å²) >= 11 is 0. The topological polar surface area (TPSA) is 48.1 Å². The van der Waals surface area contributed by atoms with Crippen LogP contribution in [-0.4, -0.2) is 4.98 Å². The van der Waals surface area contributed by atoms with Crippen LogP contribution in [0.15, 0.2) is 66.9 Å². The first-order chi connectivity index (χ1) is 10.7. The Kier molecular flexibility index (Phi) is 4.05. The molecule has 22 heavy (non-hydrogen) atoms. The number of hydrogen-bond acceptors (Lipinski definition) is 3. The van der Waals surface area contributed by atoms with Crippen molar-refractivity contribution >= 4 is 5.69 Å². The molecule has 0 unspecified atom stereocenters. The van der Waals surface area contributed by atoms with Gasteiger partial charge in [0.2, 0.25) is 0 Å². The Bertz CT molecular complexity index is 769. The minimum Gasteiger partial charge on any atom is -0.487 e. The van der Waals surface area contributed by atoms with Crippen molar-refractivity contribution < 1.29 is 4.74 Å². The second kappa shape index (κ2) is 6.31. The second-order valence-electron chi connectivity index (χ2n) is 5.16. The number of aryl methyl sites for hydroxylation is 1. The molecule has 1 aromatic heterocycles. The highest BCUT2D eigenvalue weighted by Crippen LogP contribution is 2.30. The third kappa shape index (κ3) is 3.09. The summed E-state index contributed by atoms with van der Waals surface area (Å²) in [7, 11) is 0. The summed E-state index contributed by atoms with van der Waals surface area (Å²) in [6.45, 7) is 2.50. The van der Waals surface area contributed by atoms with Crippen molar-refractivity contribution in [2.24, 2.45) is 0 Å². The predicted molar refractivity (Wildman–Crippen MR) is 89.6 cm³/mol. The standard InChI is InChI=1S/C19H18N2O/c1-14-17(8-5-11-21-14)16-9-10-18(20)19(12-16)22-13-15-6-3-2-4-7-15/h2-12H,13,20H2,1H3. The van der Waals surface area contributed by atoms with Gasteiger partial charge in [0.1, 0.15) is 12.4 Å². The average molecular weight is 290 g/mol. The Balaban J connectivity index is 1.86. The first-order valence-corrected chi connectivity index (χ1v) is 7.22. The van der Waals surface area contributed by atoms with E-state index in [9.17, 15) is 0 Å². The van der Waals surface area contributed by atoms with Crippen molar-refractivity contribution in [3.05, 3.63) is 78.1 Å². The molecular formula is C19H18N2O. The number of rotatable bonds is 4. The monoisotopic (exact) mass is 290 g/mol. The van der Waals surface area contributed by atoms with Crippen LogP contribution >= 0.6 is 0 Å². The van der Waals surface area contributed by atoms with Crippen molar-refractivity contribution in [2.45, 2.75) is 13.5 Å². The molecule has 3 heteroatoms. The van der Waals surface area contributed by atoms with Gasteiger partial charge in [-0.3, -0.25) is 4.98 Å². The van der Waals surface area contributed by atoms with Gasteiger partial charge in [0.25, 0.3) is 0 Å². The van der Waals surface area contributed by atoms with E-state index in [2.05, 4.69) is 11.1 Å². The van der Waals surface area contributed by atoms with Gasteiger partial charge in [-0.1, -0.05) is 42.5 Å². The molecule has 0 spiro atoms. The molecule has 0 saturated heterocycles. The zero-order valence-corrected chi connectivity index (χ0v) is 12.5. The van der Waals surface area contributed by atoms with Crippen LogP contribution in [0, 0.1) is 6.92 Å². The van der Waals surface area contributed by atoms with Crippen molar-refractivity contribution in [1.82, 2.24) is 4.98 Å². The third-order valence-corrected chi connectivity index (χ3v) is 3.57. The van der Waals surface area contributed by atoms with Crippen molar-refractivity contribution in [1.29, 1.82) is 0 Å². The number of pyridine rings is 1. The number of nitrogen functional groups attached to an aromatic ring is 1. The molecule has 110 valence electrons. The lowest BCUT2D eigenvalue weighted by Gasteiger charge is -2.12. The Morgan fingerprint density at radius 3 is 2.59 bits per heavy atom. The largest absolute Gasteiger partial charge is 0.487 e. The molecular weight excluding hydrogens is 272 g/mol. The number of ether oxygens (including phenoxy) is 1. The van der Waals surface area contributed by atoms with E-state index in [0.29, 0.717) is 18.0 Å². The molecule has 0 aliphatic heterocycles. The predicted octanol–water partition coefficient (Wildman–Crippen LogP) is 4.22. The molecule has 3 nitrogen and oxygen atoms in total. The molecule has 3 rings (SSSR count). The summed E-state index contributed by atoms with van der Waals surface area (Å²) in [5, 5.41) is 0. The van der Waals surface area contributed by atoms with Crippen molar-refractivity contribution in [3.63, 3.8) is 0 Å². The van der Waals surface area contributed by atoms with Crippen LogP contribution in [0.3, 0.4) is 0 Å². The maximum absolute atomic E-state index is 6.03. The van der Waals surface area contributed by atoms with E-state index in [-0.39, 0.29) is 0 Å². The second-order valence-corrected chi connectivity index (χ2v) is 5.16. The van der Waals surface area contributed by atoms with E-state index >= 15 is 0 Å². The minimum atomic E-state index is 0.501. The van der Waals surface area contributed by atoms with E-state index < -0.39 is 0 Å². The van der Waals surface area contributed by atoms with Crippen LogP contribution in [0.25, 0.3) is 11.1 Å². The van der Waals surface area contributed by atoms with Crippen LogP contribution in [-0.2, 0) is 6.61 Å². The van der Waals surface area contributed by atoms with E-state index in [0.717, 1.165) is 22.4 Å². The summed E-state index contributed by atoms with van der Waals surface area (Å²) < 4.78 is 5.88. The zero-order chi connectivity index (χ0) is 15.4. The van der Waals surface area contributed by atoms with Gasteiger partial charge in [-0.05, 0) is 36.2 Å². The smallest absolute Gasteiger partial charge is 0.143 e. The Morgan fingerprint density at radius 1 is 1.00 bits per heavy atom. The zero-order valence-electron chi connectivity index (χ0n) is 12.5. The van der Waals surface area contributed by atoms with E-state index in [1.807, 2.05) is 61.5 Å². The maximum Gasteiger partial charge on any atom is 0.143 e. The average Bonchev–Trinajstić information content (AvgIpc) is 2.56. The van der Waals surface area contributed by atoms with Crippen LogP contribution < -0.4 is 10.5 Å². The quantitative estimate of drug-likeness (QED) is 0.732. The molecule has 0 radical (unpaired) electrons. The Hall–Kier alpha value is -2.81. The maximum atomic E-state index is 6.03. The SMILES string of the molecule is Cc1ncccc1-c1ccc(N)c(OCc2ccccc2)c1. The number of nitrogens with zero attached hydrogens (tertiary/aromatic N) is 1.